The Morgan fingerprint density at radius 1 is 1.18 bits per heavy atom. The van der Waals surface area contributed by atoms with Crippen LogP contribution in [0.5, 0.6) is 0 Å². The van der Waals surface area contributed by atoms with Crippen molar-refractivity contribution in [2.75, 3.05) is 11.9 Å². The molecule has 1 aromatic carbocycles. The fourth-order valence-electron chi connectivity index (χ4n) is 3.96. The topological polar surface area (TPSA) is 60.3 Å². The summed E-state index contributed by atoms with van der Waals surface area (Å²) >= 11 is 1.39. The van der Waals surface area contributed by atoms with Gasteiger partial charge in [0.05, 0.1) is 17.3 Å². The van der Waals surface area contributed by atoms with E-state index < -0.39 is 0 Å². The molecule has 1 aliphatic rings. The molecule has 0 amide bonds. The molecule has 0 aliphatic heterocycles. The van der Waals surface area contributed by atoms with Crippen molar-refractivity contribution >= 4 is 28.9 Å². The standard InChI is InChI=1S/C27H30FN5S/c1-20-8-3-4-12-24(20)32-19-25(33-26(32)13-16-31-33)30-18-22(10-5-6-15-29)14-17-34-27-21(2)9-7-11-23(27)28/h5-17,19,22,30H,3-4,18,29H2,1-2H3/b10-5?,15-6+,17-14-. The number of hydrogen-bond acceptors (Lipinski definition) is 4. The molecule has 4 rings (SSSR count). The molecule has 0 spiro atoms. The predicted octanol–water partition coefficient (Wildman–Crippen LogP) is 6.53. The van der Waals surface area contributed by atoms with Crippen LogP contribution in [-0.4, -0.2) is 20.7 Å². The second-order valence-electron chi connectivity index (χ2n) is 8.19. The van der Waals surface area contributed by atoms with Crippen LogP contribution in [0, 0.1) is 18.7 Å². The molecule has 0 radical (unpaired) electrons. The van der Waals surface area contributed by atoms with E-state index in [-0.39, 0.29) is 11.7 Å². The monoisotopic (exact) mass is 475 g/mol. The van der Waals surface area contributed by atoms with Crippen molar-refractivity contribution in [1.82, 2.24) is 14.2 Å². The van der Waals surface area contributed by atoms with Gasteiger partial charge in [-0.25, -0.2) is 4.39 Å². The SMILES string of the molecule is CC1=CCCC=C1n1cc(NCC(C=C/C=C/N)/C=C\Sc2c(C)cccc2F)n2nccc12. The van der Waals surface area contributed by atoms with E-state index >= 15 is 0 Å². The van der Waals surface area contributed by atoms with Crippen molar-refractivity contribution in [2.45, 2.75) is 31.6 Å². The van der Waals surface area contributed by atoms with E-state index in [0.717, 1.165) is 29.9 Å². The number of benzene rings is 1. The Morgan fingerprint density at radius 2 is 2.03 bits per heavy atom. The normalized spacial score (nSPS) is 15.5. The molecule has 5 nitrogen and oxygen atoms in total. The lowest BCUT2D eigenvalue weighted by atomic mass is 10.0. The molecule has 0 saturated heterocycles. The summed E-state index contributed by atoms with van der Waals surface area (Å²) in [7, 11) is 0. The maximum atomic E-state index is 14.2. The third kappa shape index (κ3) is 5.37. The van der Waals surface area contributed by atoms with Crippen molar-refractivity contribution < 1.29 is 4.39 Å². The van der Waals surface area contributed by atoms with E-state index in [1.807, 2.05) is 41.3 Å². The predicted molar refractivity (Wildman–Crippen MR) is 141 cm³/mol. The molecule has 3 N–H and O–H groups in total. The molecule has 0 saturated carbocycles. The fraction of sp³-hybridized carbons (Fsp3) is 0.222. The van der Waals surface area contributed by atoms with E-state index in [2.05, 4.69) is 52.4 Å². The Bertz CT molecular complexity index is 1270. The summed E-state index contributed by atoms with van der Waals surface area (Å²) in [5, 5.41) is 10.00. The van der Waals surface area contributed by atoms with Crippen LogP contribution in [-0.2, 0) is 0 Å². The van der Waals surface area contributed by atoms with Crippen molar-refractivity contribution in [3.8, 4) is 0 Å². The van der Waals surface area contributed by atoms with Gasteiger partial charge in [-0.1, -0.05) is 54.3 Å². The molecule has 0 fully saturated rings. The first-order valence-electron chi connectivity index (χ1n) is 11.4. The molecule has 0 bridgehead atoms. The highest BCUT2D eigenvalue weighted by Crippen LogP contribution is 2.29. The van der Waals surface area contributed by atoms with Crippen LogP contribution >= 0.6 is 11.8 Å². The van der Waals surface area contributed by atoms with E-state index in [1.54, 1.807) is 12.1 Å². The third-order valence-corrected chi connectivity index (χ3v) is 6.79. The molecule has 1 unspecified atom stereocenters. The molecule has 3 aromatic rings. The summed E-state index contributed by atoms with van der Waals surface area (Å²) < 4.78 is 18.3. The van der Waals surface area contributed by atoms with E-state index in [4.69, 9.17) is 5.73 Å². The van der Waals surface area contributed by atoms with Gasteiger partial charge < -0.3 is 11.1 Å². The average Bonchev–Trinajstić information content (AvgIpc) is 3.43. The Kier molecular flexibility index (Phi) is 7.75. The molecule has 176 valence electrons. The van der Waals surface area contributed by atoms with Gasteiger partial charge in [0.25, 0.3) is 0 Å². The first-order chi connectivity index (χ1) is 16.6. The number of nitrogens with two attached hydrogens (primary N) is 1. The zero-order valence-corrected chi connectivity index (χ0v) is 20.3. The van der Waals surface area contributed by atoms with Crippen LogP contribution in [0.15, 0.2) is 95.2 Å². The Morgan fingerprint density at radius 3 is 2.82 bits per heavy atom. The Hall–Kier alpha value is -3.45. The smallest absolute Gasteiger partial charge is 0.146 e. The Balaban J connectivity index is 1.52. The van der Waals surface area contributed by atoms with Crippen LogP contribution in [0.2, 0.25) is 0 Å². The molecule has 34 heavy (non-hydrogen) atoms. The number of aryl methyl sites for hydroxylation is 1. The second kappa shape index (κ2) is 11.1. The zero-order chi connectivity index (χ0) is 23.9. The van der Waals surface area contributed by atoms with E-state index in [1.165, 1.54) is 35.3 Å². The number of imidazole rings is 1. The van der Waals surface area contributed by atoms with Gasteiger partial charge in [0, 0.05) is 24.2 Å². The molecule has 1 aliphatic carbocycles. The number of fused-ring (bicyclic) bond motifs is 1. The summed E-state index contributed by atoms with van der Waals surface area (Å²) in [6.07, 6.45) is 19.9. The zero-order valence-electron chi connectivity index (χ0n) is 19.5. The molecular weight excluding hydrogens is 445 g/mol. The largest absolute Gasteiger partial charge is 0.405 e. The number of halogens is 1. The summed E-state index contributed by atoms with van der Waals surface area (Å²) in [6, 6.07) is 7.16. The maximum absolute atomic E-state index is 14.2. The van der Waals surface area contributed by atoms with Crippen LogP contribution in [0.25, 0.3) is 11.3 Å². The van der Waals surface area contributed by atoms with Crippen molar-refractivity contribution in [1.29, 1.82) is 0 Å². The van der Waals surface area contributed by atoms with Crippen LogP contribution in [0.4, 0.5) is 10.2 Å². The van der Waals surface area contributed by atoms with Crippen molar-refractivity contribution in [3.05, 3.63) is 102 Å². The van der Waals surface area contributed by atoms with Crippen LogP contribution in [0.3, 0.4) is 0 Å². The fourth-order valence-corrected chi connectivity index (χ4v) is 4.81. The van der Waals surface area contributed by atoms with Gasteiger partial charge in [0.1, 0.15) is 17.3 Å². The van der Waals surface area contributed by atoms with Crippen LogP contribution in [0.1, 0.15) is 25.3 Å². The number of rotatable bonds is 9. The highest BCUT2D eigenvalue weighted by Gasteiger charge is 2.15. The maximum Gasteiger partial charge on any atom is 0.146 e. The minimum atomic E-state index is -0.199. The molecule has 2 heterocycles. The molecular formula is C27H30FN5S. The number of nitrogens with zero attached hydrogens (tertiary/aromatic N) is 3. The summed E-state index contributed by atoms with van der Waals surface area (Å²) in [5.74, 6) is 0.785. The first kappa shape index (κ1) is 23.7. The number of aromatic nitrogens is 3. The summed E-state index contributed by atoms with van der Waals surface area (Å²) in [5.41, 5.74) is 9.90. The quantitative estimate of drug-likeness (QED) is 0.273. The molecule has 1 atom stereocenters. The van der Waals surface area contributed by atoms with Crippen molar-refractivity contribution in [3.63, 3.8) is 0 Å². The van der Waals surface area contributed by atoms with Gasteiger partial charge in [-0.2, -0.15) is 9.61 Å². The summed E-state index contributed by atoms with van der Waals surface area (Å²) in [6.45, 7) is 4.72. The number of thioether (sulfide) groups is 1. The van der Waals surface area contributed by atoms with Gasteiger partial charge in [-0.15, -0.1) is 0 Å². The number of hydrogen-bond donors (Lipinski definition) is 2. The third-order valence-electron chi connectivity index (χ3n) is 5.74. The van der Waals surface area contributed by atoms with E-state index in [9.17, 15) is 4.39 Å². The highest BCUT2D eigenvalue weighted by atomic mass is 32.2. The minimum Gasteiger partial charge on any atom is -0.405 e. The molecule has 7 heteroatoms. The number of allylic oxidation sites excluding steroid dienone is 6. The Labute approximate surface area is 204 Å². The molecule has 2 aromatic heterocycles. The van der Waals surface area contributed by atoms with Gasteiger partial charge in [0.15, 0.2) is 0 Å². The lowest BCUT2D eigenvalue weighted by Crippen LogP contribution is -2.11. The minimum absolute atomic E-state index is 0.0697. The average molecular weight is 476 g/mol. The lowest BCUT2D eigenvalue weighted by Gasteiger charge is -2.14. The second-order valence-corrected chi connectivity index (χ2v) is 9.10. The van der Waals surface area contributed by atoms with Gasteiger partial charge >= 0.3 is 0 Å². The summed E-state index contributed by atoms with van der Waals surface area (Å²) in [4.78, 5) is 0.649. The lowest BCUT2D eigenvalue weighted by molar-refractivity contribution is 0.600. The van der Waals surface area contributed by atoms with Crippen LogP contribution < -0.4 is 11.1 Å². The van der Waals surface area contributed by atoms with Crippen molar-refractivity contribution in [2.24, 2.45) is 11.7 Å². The van der Waals surface area contributed by atoms with Gasteiger partial charge in [-0.3, -0.25) is 4.57 Å². The number of nitrogens with one attached hydrogen (secondary N) is 1. The van der Waals surface area contributed by atoms with E-state index in [0.29, 0.717) is 11.4 Å². The number of anilines is 1. The first-order valence-corrected chi connectivity index (χ1v) is 12.3. The van der Waals surface area contributed by atoms with Gasteiger partial charge in [-0.05, 0) is 61.6 Å². The van der Waals surface area contributed by atoms with Gasteiger partial charge in [0.2, 0.25) is 0 Å². The highest BCUT2D eigenvalue weighted by molar-refractivity contribution is 8.02.